The van der Waals surface area contributed by atoms with E-state index < -0.39 is 0 Å². The van der Waals surface area contributed by atoms with Crippen molar-refractivity contribution in [2.75, 3.05) is 32.1 Å². The third kappa shape index (κ3) is 3.77. The van der Waals surface area contributed by atoms with E-state index in [1.807, 2.05) is 35.7 Å². The maximum absolute atomic E-state index is 13.0. The summed E-state index contributed by atoms with van der Waals surface area (Å²) in [6.07, 6.45) is 1.28. The van der Waals surface area contributed by atoms with Crippen LogP contribution in [0.2, 0.25) is 0 Å². The summed E-state index contributed by atoms with van der Waals surface area (Å²) in [7, 11) is 4.14. The lowest BCUT2D eigenvalue weighted by atomic mass is 10.1. The number of benzene rings is 1. The molecule has 0 bridgehead atoms. The molecule has 1 saturated heterocycles. The molecular formula is C14H18FNS2. The highest BCUT2D eigenvalue weighted by Gasteiger charge is 2.15. The molecule has 0 amide bonds. The molecular weight excluding hydrogens is 265 g/mol. The molecule has 0 aromatic heterocycles. The molecule has 0 aliphatic carbocycles. The average Bonchev–Trinajstić information content (AvgIpc) is 2.38. The van der Waals surface area contributed by atoms with Crippen molar-refractivity contribution in [2.24, 2.45) is 0 Å². The van der Waals surface area contributed by atoms with Crippen LogP contribution in [0.1, 0.15) is 12.0 Å². The molecule has 1 heterocycles. The Hall–Kier alpha value is -0.450. The molecule has 1 fully saturated rings. The highest BCUT2D eigenvalue weighted by atomic mass is 32.2. The number of thioether (sulfide) groups is 2. The van der Waals surface area contributed by atoms with Gasteiger partial charge in [0.2, 0.25) is 0 Å². The fraction of sp³-hybridized carbons (Fsp3) is 0.429. The fourth-order valence-corrected chi connectivity index (χ4v) is 4.52. The maximum Gasteiger partial charge on any atom is 0.123 e. The van der Waals surface area contributed by atoms with E-state index in [2.05, 4.69) is 19.0 Å². The van der Waals surface area contributed by atoms with Crippen LogP contribution in [0.15, 0.2) is 28.5 Å². The molecule has 4 heteroatoms. The van der Waals surface area contributed by atoms with Gasteiger partial charge in [-0.25, -0.2) is 4.39 Å². The SMILES string of the molecule is CN(C)CC(=C1SCCCS1)c1ccc(F)cc1. The highest BCUT2D eigenvalue weighted by Crippen LogP contribution is 2.40. The third-order valence-electron chi connectivity index (χ3n) is 2.67. The van der Waals surface area contributed by atoms with Crippen molar-refractivity contribution in [1.29, 1.82) is 0 Å². The summed E-state index contributed by atoms with van der Waals surface area (Å²) in [5, 5.41) is 0. The van der Waals surface area contributed by atoms with Gasteiger partial charge in [0, 0.05) is 10.8 Å². The van der Waals surface area contributed by atoms with Gasteiger partial charge >= 0.3 is 0 Å². The molecule has 0 atom stereocenters. The van der Waals surface area contributed by atoms with E-state index in [9.17, 15) is 4.39 Å². The van der Waals surface area contributed by atoms with Gasteiger partial charge in [-0.1, -0.05) is 12.1 Å². The Morgan fingerprint density at radius 3 is 2.33 bits per heavy atom. The minimum absolute atomic E-state index is 0.170. The summed E-state index contributed by atoms with van der Waals surface area (Å²) >= 11 is 3.87. The summed E-state index contributed by atoms with van der Waals surface area (Å²) in [4.78, 5) is 2.17. The largest absolute Gasteiger partial charge is 0.305 e. The van der Waals surface area contributed by atoms with Crippen molar-refractivity contribution < 1.29 is 4.39 Å². The van der Waals surface area contributed by atoms with Crippen molar-refractivity contribution in [3.8, 4) is 0 Å². The molecule has 0 saturated carbocycles. The van der Waals surface area contributed by atoms with Gasteiger partial charge in [-0.15, -0.1) is 23.5 Å². The van der Waals surface area contributed by atoms with Gasteiger partial charge in [-0.2, -0.15) is 0 Å². The first kappa shape index (κ1) is 14.0. The quantitative estimate of drug-likeness (QED) is 0.827. The first-order valence-corrected chi connectivity index (χ1v) is 8.03. The van der Waals surface area contributed by atoms with Crippen LogP contribution in [-0.4, -0.2) is 37.0 Å². The van der Waals surface area contributed by atoms with Gasteiger partial charge in [-0.05, 0) is 55.3 Å². The normalized spacial score (nSPS) is 16.1. The molecule has 1 aliphatic heterocycles. The van der Waals surface area contributed by atoms with Gasteiger partial charge in [-0.3, -0.25) is 0 Å². The number of hydrogen-bond donors (Lipinski definition) is 0. The van der Waals surface area contributed by atoms with Gasteiger partial charge < -0.3 is 4.90 Å². The van der Waals surface area contributed by atoms with E-state index in [4.69, 9.17) is 0 Å². The summed E-state index contributed by atoms with van der Waals surface area (Å²) in [5.41, 5.74) is 2.47. The maximum atomic E-state index is 13.0. The monoisotopic (exact) mass is 283 g/mol. The minimum Gasteiger partial charge on any atom is -0.305 e. The number of rotatable bonds is 3. The number of hydrogen-bond acceptors (Lipinski definition) is 3. The summed E-state index contributed by atoms with van der Waals surface area (Å²) < 4.78 is 14.4. The second kappa shape index (κ2) is 6.64. The summed E-state index contributed by atoms with van der Waals surface area (Å²) in [6, 6.07) is 6.86. The Labute approximate surface area is 117 Å². The van der Waals surface area contributed by atoms with E-state index in [0.29, 0.717) is 0 Å². The van der Waals surface area contributed by atoms with E-state index >= 15 is 0 Å². The number of likely N-dealkylation sites (N-methyl/N-ethyl adjacent to an activating group) is 1. The lowest BCUT2D eigenvalue weighted by molar-refractivity contribution is 0.463. The first-order chi connectivity index (χ1) is 8.66. The minimum atomic E-state index is -0.170. The summed E-state index contributed by atoms with van der Waals surface area (Å²) in [5.74, 6) is 2.22. The Balaban J connectivity index is 2.32. The van der Waals surface area contributed by atoms with Crippen LogP contribution >= 0.6 is 23.5 Å². The molecule has 2 rings (SSSR count). The predicted molar refractivity (Wildman–Crippen MR) is 81.4 cm³/mol. The van der Waals surface area contributed by atoms with Crippen molar-refractivity contribution in [3.63, 3.8) is 0 Å². The van der Waals surface area contributed by atoms with Crippen LogP contribution in [0, 0.1) is 5.82 Å². The summed E-state index contributed by atoms with van der Waals surface area (Å²) in [6.45, 7) is 0.904. The fourth-order valence-electron chi connectivity index (χ4n) is 1.85. The van der Waals surface area contributed by atoms with E-state index in [1.165, 1.54) is 27.7 Å². The smallest absolute Gasteiger partial charge is 0.123 e. The predicted octanol–water partition coefficient (Wildman–Crippen LogP) is 3.93. The van der Waals surface area contributed by atoms with E-state index in [1.54, 1.807) is 12.1 Å². The zero-order valence-electron chi connectivity index (χ0n) is 10.8. The van der Waals surface area contributed by atoms with Crippen LogP contribution < -0.4 is 0 Å². The standard InChI is InChI=1S/C14H18FNS2/c1-16(2)10-13(14-17-8-3-9-18-14)11-4-6-12(15)7-5-11/h4-7H,3,8-10H2,1-2H3. The third-order valence-corrected chi connectivity index (χ3v) is 5.38. The molecule has 1 aromatic rings. The van der Waals surface area contributed by atoms with Crippen LogP contribution in [0.4, 0.5) is 4.39 Å². The van der Waals surface area contributed by atoms with Crippen molar-refractivity contribution in [1.82, 2.24) is 4.90 Å². The van der Waals surface area contributed by atoms with Gasteiger partial charge in [0.25, 0.3) is 0 Å². The van der Waals surface area contributed by atoms with Crippen LogP contribution in [0.3, 0.4) is 0 Å². The van der Waals surface area contributed by atoms with Crippen molar-refractivity contribution in [2.45, 2.75) is 6.42 Å². The lowest BCUT2D eigenvalue weighted by Crippen LogP contribution is -2.15. The topological polar surface area (TPSA) is 3.24 Å². The van der Waals surface area contributed by atoms with Crippen molar-refractivity contribution in [3.05, 3.63) is 39.9 Å². The van der Waals surface area contributed by atoms with E-state index in [0.717, 1.165) is 12.1 Å². The van der Waals surface area contributed by atoms with E-state index in [-0.39, 0.29) is 5.82 Å². The van der Waals surface area contributed by atoms with Crippen LogP contribution in [0.25, 0.3) is 5.57 Å². The Morgan fingerprint density at radius 2 is 1.78 bits per heavy atom. The van der Waals surface area contributed by atoms with Gasteiger partial charge in [0.05, 0.1) is 0 Å². The number of halogens is 1. The Morgan fingerprint density at radius 1 is 1.17 bits per heavy atom. The molecule has 0 N–H and O–H groups in total. The first-order valence-electron chi connectivity index (χ1n) is 6.06. The molecule has 1 nitrogen and oxygen atoms in total. The van der Waals surface area contributed by atoms with Crippen LogP contribution in [0.5, 0.6) is 0 Å². The zero-order chi connectivity index (χ0) is 13.0. The average molecular weight is 283 g/mol. The molecule has 1 aromatic carbocycles. The molecule has 98 valence electrons. The Bertz CT molecular complexity index is 418. The molecule has 0 radical (unpaired) electrons. The Kier molecular flexibility index (Phi) is 5.15. The molecule has 1 aliphatic rings. The lowest BCUT2D eigenvalue weighted by Gasteiger charge is -2.21. The molecule has 0 unspecified atom stereocenters. The van der Waals surface area contributed by atoms with Crippen molar-refractivity contribution >= 4 is 29.1 Å². The van der Waals surface area contributed by atoms with Gasteiger partial charge in [0.1, 0.15) is 5.82 Å². The second-order valence-electron chi connectivity index (χ2n) is 4.56. The molecule has 0 spiro atoms. The highest BCUT2D eigenvalue weighted by molar-refractivity contribution is 8.23. The number of nitrogens with zero attached hydrogens (tertiary/aromatic N) is 1. The van der Waals surface area contributed by atoms with Gasteiger partial charge in [0.15, 0.2) is 0 Å². The molecule has 18 heavy (non-hydrogen) atoms. The van der Waals surface area contributed by atoms with Crippen LogP contribution in [-0.2, 0) is 0 Å². The zero-order valence-corrected chi connectivity index (χ0v) is 12.4. The second-order valence-corrected chi connectivity index (χ2v) is 7.03.